The molecule has 2 amide bonds. The summed E-state index contributed by atoms with van der Waals surface area (Å²) in [4.78, 5) is 23.9. The first kappa shape index (κ1) is 20.1. The molecule has 0 bridgehead atoms. The van der Waals surface area contributed by atoms with Gasteiger partial charge >= 0.3 is 0 Å². The molecule has 26 heavy (non-hydrogen) atoms. The number of halogens is 2. The summed E-state index contributed by atoms with van der Waals surface area (Å²) in [7, 11) is 0. The Balaban J connectivity index is 1.95. The van der Waals surface area contributed by atoms with E-state index in [-0.39, 0.29) is 17.7 Å². The molecule has 0 spiro atoms. The largest absolute Gasteiger partial charge is 0.479 e. The van der Waals surface area contributed by atoms with Crippen LogP contribution in [0.3, 0.4) is 0 Å². The fourth-order valence-corrected chi connectivity index (χ4v) is 2.44. The molecule has 2 aromatic rings. The first-order valence-corrected chi connectivity index (χ1v) is 8.85. The zero-order valence-corrected chi connectivity index (χ0v) is 16.2. The SMILES string of the molecule is CC(C)C(=O)Nc1ccc(NC(=O)C(C)Oc2ccc(Cl)cc2Cl)cc1. The lowest BCUT2D eigenvalue weighted by Crippen LogP contribution is -2.30. The molecule has 2 aromatic carbocycles. The van der Waals surface area contributed by atoms with Crippen molar-refractivity contribution in [2.75, 3.05) is 10.6 Å². The third-order valence-corrected chi connectivity index (χ3v) is 4.04. The number of amides is 2. The average Bonchev–Trinajstić information content (AvgIpc) is 2.58. The summed E-state index contributed by atoms with van der Waals surface area (Å²) in [6, 6.07) is 11.6. The Morgan fingerprint density at radius 1 is 0.885 bits per heavy atom. The second-order valence-corrected chi connectivity index (χ2v) is 6.89. The topological polar surface area (TPSA) is 67.4 Å². The lowest BCUT2D eigenvalue weighted by Gasteiger charge is -2.16. The van der Waals surface area contributed by atoms with Crippen LogP contribution in [-0.2, 0) is 9.59 Å². The third kappa shape index (κ3) is 5.64. The molecule has 0 aliphatic rings. The molecule has 7 heteroatoms. The van der Waals surface area contributed by atoms with Crippen LogP contribution in [-0.4, -0.2) is 17.9 Å². The highest BCUT2D eigenvalue weighted by Crippen LogP contribution is 2.28. The quantitative estimate of drug-likeness (QED) is 0.724. The molecule has 0 aliphatic carbocycles. The number of hydrogen-bond acceptors (Lipinski definition) is 3. The van der Waals surface area contributed by atoms with E-state index in [1.54, 1.807) is 49.4 Å². The number of anilines is 2. The minimum Gasteiger partial charge on any atom is -0.479 e. The minimum atomic E-state index is -0.756. The lowest BCUT2D eigenvalue weighted by atomic mass is 10.2. The molecule has 0 radical (unpaired) electrons. The van der Waals surface area contributed by atoms with E-state index >= 15 is 0 Å². The summed E-state index contributed by atoms with van der Waals surface area (Å²) in [5.74, 6) is -0.115. The number of nitrogens with one attached hydrogen (secondary N) is 2. The highest BCUT2D eigenvalue weighted by atomic mass is 35.5. The number of hydrogen-bond donors (Lipinski definition) is 2. The van der Waals surface area contributed by atoms with E-state index in [1.165, 1.54) is 0 Å². The zero-order chi connectivity index (χ0) is 19.3. The smallest absolute Gasteiger partial charge is 0.265 e. The van der Waals surface area contributed by atoms with Gasteiger partial charge in [0.05, 0.1) is 5.02 Å². The van der Waals surface area contributed by atoms with Gasteiger partial charge in [-0.3, -0.25) is 9.59 Å². The summed E-state index contributed by atoms with van der Waals surface area (Å²) < 4.78 is 5.58. The first-order valence-electron chi connectivity index (χ1n) is 8.09. The monoisotopic (exact) mass is 394 g/mol. The number of rotatable bonds is 6. The van der Waals surface area contributed by atoms with E-state index < -0.39 is 6.10 Å². The van der Waals surface area contributed by atoms with E-state index in [9.17, 15) is 9.59 Å². The predicted octanol–water partition coefficient (Wildman–Crippen LogP) is 4.99. The van der Waals surface area contributed by atoms with Crippen LogP contribution in [0, 0.1) is 5.92 Å². The van der Waals surface area contributed by atoms with Crippen LogP contribution >= 0.6 is 23.2 Å². The van der Waals surface area contributed by atoms with Gasteiger partial charge in [-0.25, -0.2) is 0 Å². The van der Waals surface area contributed by atoms with Gasteiger partial charge < -0.3 is 15.4 Å². The molecule has 1 atom stereocenters. The first-order chi connectivity index (χ1) is 12.3. The molecule has 1 unspecified atom stereocenters. The van der Waals surface area contributed by atoms with Crippen molar-refractivity contribution in [3.8, 4) is 5.75 Å². The van der Waals surface area contributed by atoms with E-state index in [0.717, 1.165) is 0 Å². The number of benzene rings is 2. The molecular weight excluding hydrogens is 375 g/mol. The number of ether oxygens (including phenoxy) is 1. The summed E-state index contributed by atoms with van der Waals surface area (Å²) in [5, 5.41) is 6.36. The summed E-state index contributed by atoms with van der Waals surface area (Å²) >= 11 is 11.9. The fraction of sp³-hybridized carbons (Fsp3) is 0.263. The van der Waals surface area contributed by atoms with Crippen molar-refractivity contribution in [3.63, 3.8) is 0 Å². The number of carbonyl (C=O) groups is 2. The highest BCUT2D eigenvalue weighted by Gasteiger charge is 2.16. The molecule has 2 rings (SSSR count). The van der Waals surface area contributed by atoms with E-state index in [1.807, 2.05) is 13.8 Å². The van der Waals surface area contributed by atoms with Gasteiger partial charge in [-0.05, 0) is 49.4 Å². The van der Waals surface area contributed by atoms with Gasteiger partial charge in [-0.15, -0.1) is 0 Å². The van der Waals surface area contributed by atoms with Crippen LogP contribution in [0.5, 0.6) is 5.75 Å². The van der Waals surface area contributed by atoms with Gasteiger partial charge in [0, 0.05) is 22.3 Å². The van der Waals surface area contributed by atoms with Gasteiger partial charge in [0.15, 0.2) is 6.10 Å². The van der Waals surface area contributed by atoms with Crippen molar-refractivity contribution >= 4 is 46.4 Å². The van der Waals surface area contributed by atoms with Crippen molar-refractivity contribution in [1.82, 2.24) is 0 Å². The van der Waals surface area contributed by atoms with Crippen LogP contribution in [0.25, 0.3) is 0 Å². The van der Waals surface area contributed by atoms with Crippen LogP contribution < -0.4 is 15.4 Å². The van der Waals surface area contributed by atoms with Gasteiger partial charge in [0.25, 0.3) is 5.91 Å². The van der Waals surface area contributed by atoms with Crippen LogP contribution in [0.2, 0.25) is 10.0 Å². The van der Waals surface area contributed by atoms with Crippen LogP contribution in [0.1, 0.15) is 20.8 Å². The molecule has 0 heterocycles. The van der Waals surface area contributed by atoms with E-state index in [4.69, 9.17) is 27.9 Å². The standard InChI is InChI=1S/C19H20Cl2N2O3/c1-11(2)18(24)22-14-5-7-15(8-6-14)23-19(25)12(3)26-17-9-4-13(20)10-16(17)21/h4-12H,1-3H3,(H,22,24)(H,23,25). The van der Waals surface area contributed by atoms with Gasteiger partial charge in [0.2, 0.25) is 5.91 Å². The van der Waals surface area contributed by atoms with Crippen LogP contribution in [0.4, 0.5) is 11.4 Å². The average molecular weight is 395 g/mol. The molecule has 0 saturated carbocycles. The van der Waals surface area contributed by atoms with E-state index in [0.29, 0.717) is 27.2 Å². The summed E-state index contributed by atoms with van der Waals surface area (Å²) in [5.41, 5.74) is 1.26. The molecule has 0 saturated heterocycles. The number of carbonyl (C=O) groups excluding carboxylic acids is 2. The Morgan fingerprint density at radius 3 is 1.92 bits per heavy atom. The van der Waals surface area contributed by atoms with Crippen molar-refractivity contribution < 1.29 is 14.3 Å². The summed E-state index contributed by atoms with van der Waals surface area (Å²) in [6.45, 7) is 5.26. The second kappa shape index (κ2) is 8.92. The van der Waals surface area contributed by atoms with Crippen molar-refractivity contribution in [2.45, 2.75) is 26.9 Å². The molecule has 138 valence electrons. The molecule has 2 N–H and O–H groups in total. The Bertz CT molecular complexity index is 792. The maximum Gasteiger partial charge on any atom is 0.265 e. The Morgan fingerprint density at radius 2 is 1.42 bits per heavy atom. The Labute approximate surface area is 162 Å². The van der Waals surface area contributed by atoms with Crippen molar-refractivity contribution in [1.29, 1.82) is 0 Å². The van der Waals surface area contributed by atoms with Crippen molar-refractivity contribution in [3.05, 3.63) is 52.5 Å². The van der Waals surface area contributed by atoms with Gasteiger partial charge in [-0.1, -0.05) is 37.0 Å². The maximum atomic E-state index is 12.3. The molecule has 5 nitrogen and oxygen atoms in total. The van der Waals surface area contributed by atoms with Crippen LogP contribution in [0.15, 0.2) is 42.5 Å². The van der Waals surface area contributed by atoms with Gasteiger partial charge in [0.1, 0.15) is 5.75 Å². The molecular formula is C19H20Cl2N2O3. The van der Waals surface area contributed by atoms with Crippen molar-refractivity contribution in [2.24, 2.45) is 5.92 Å². The zero-order valence-electron chi connectivity index (χ0n) is 14.7. The highest BCUT2D eigenvalue weighted by molar-refractivity contribution is 6.35. The Hall–Kier alpha value is -2.24. The normalized spacial score (nSPS) is 11.8. The lowest BCUT2D eigenvalue weighted by molar-refractivity contribution is -0.122. The molecule has 0 aromatic heterocycles. The Kier molecular flexibility index (Phi) is 6.89. The molecule has 0 aliphatic heterocycles. The fourth-order valence-electron chi connectivity index (χ4n) is 1.98. The predicted molar refractivity (Wildman–Crippen MR) is 105 cm³/mol. The second-order valence-electron chi connectivity index (χ2n) is 6.05. The minimum absolute atomic E-state index is 0.0661. The molecule has 0 fully saturated rings. The van der Waals surface area contributed by atoms with E-state index in [2.05, 4.69) is 10.6 Å². The maximum absolute atomic E-state index is 12.3. The summed E-state index contributed by atoms with van der Waals surface area (Å²) in [6.07, 6.45) is -0.756. The third-order valence-electron chi connectivity index (χ3n) is 3.51. The van der Waals surface area contributed by atoms with Gasteiger partial charge in [-0.2, -0.15) is 0 Å².